The Morgan fingerprint density at radius 1 is 1.03 bits per heavy atom. The molecule has 2 aromatic carbocycles. The number of benzene rings is 2. The third-order valence-corrected chi connectivity index (χ3v) is 7.12. The van der Waals surface area contributed by atoms with Crippen molar-refractivity contribution in [3.05, 3.63) is 59.4 Å². The highest BCUT2D eigenvalue weighted by Crippen LogP contribution is 2.27. The van der Waals surface area contributed by atoms with Crippen LogP contribution >= 0.6 is 0 Å². The molecule has 0 unspecified atom stereocenters. The molecule has 0 spiro atoms. The van der Waals surface area contributed by atoms with E-state index in [-0.39, 0.29) is 10.6 Å². The lowest BCUT2D eigenvalue weighted by molar-refractivity contribution is 0.102. The molecule has 180 valence electrons. The quantitative estimate of drug-likeness (QED) is 0.547. The molecule has 0 saturated carbocycles. The van der Waals surface area contributed by atoms with E-state index in [0.717, 1.165) is 56.3 Å². The summed E-state index contributed by atoms with van der Waals surface area (Å²) < 4.78 is 58.2. The number of fused-ring (bicyclic) bond motifs is 1. The molecule has 2 heterocycles. The van der Waals surface area contributed by atoms with Crippen molar-refractivity contribution in [3.8, 4) is 11.4 Å². The lowest BCUT2D eigenvalue weighted by Crippen LogP contribution is -2.30. The molecular formula is C23H25F2N5O3S. The highest BCUT2D eigenvalue weighted by atomic mass is 32.2. The number of nitrogens with zero attached hydrogens (tertiary/aromatic N) is 3. The number of rotatable bonds is 6. The van der Waals surface area contributed by atoms with Gasteiger partial charge in [-0.05, 0) is 63.1 Å². The van der Waals surface area contributed by atoms with E-state index in [9.17, 15) is 22.0 Å². The Hall–Kier alpha value is -3.18. The Bertz CT molecular complexity index is 1340. The van der Waals surface area contributed by atoms with Gasteiger partial charge in [-0.2, -0.15) is 0 Å². The number of hydrogen-bond donors (Lipinski definition) is 2. The van der Waals surface area contributed by atoms with E-state index in [4.69, 9.17) is 0 Å². The van der Waals surface area contributed by atoms with Crippen LogP contribution in [0.2, 0.25) is 0 Å². The largest absolute Gasteiger partial charge is 0.319 e. The molecule has 1 aliphatic heterocycles. The average molecular weight is 490 g/mol. The summed E-state index contributed by atoms with van der Waals surface area (Å²) in [6.07, 6.45) is 3.89. The Kier molecular flexibility index (Phi) is 6.76. The van der Waals surface area contributed by atoms with E-state index < -0.39 is 39.2 Å². The highest BCUT2D eigenvalue weighted by molar-refractivity contribution is 7.89. The molecule has 2 N–H and O–H groups in total. The number of aromatic nitrogens is 3. The molecule has 0 bridgehead atoms. The van der Waals surface area contributed by atoms with Crippen LogP contribution in [0.15, 0.2) is 41.3 Å². The second-order valence-electron chi connectivity index (χ2n) is 8.47. The summed E-state index contributed by atoms with van der Waals surface area (Å²) in [4.78, 5) is 12.5. The van der Waals surface area contributed by atoms with Crippen LogP contribution in [-0.4, -0.2) is 35.1 Å². The lowest BCUT2D eigenvalue weighted by atomic mass is 10.1. The number of carbonyl (C=O) groups excluding carboxylic acids is 1. The van der Waals surface area contributed by atoms with E-state index in [1.165, 1.54) is 12.1 Å². The normalized spacial score (nSPS) is 14.0. The molecule has 3 aromatic rings. The third-order valence-electron chi connectivity index (χ3n) is 5.47. The molecule has 1 aromatic heterocycles. The Morgan fingerprint density at radius 2 is 1.79 bits per heavy atom. The summed E-state index contributed by atoms with van der Waals surface area (Å²) in [5, 5.41) is 10.8. The topological polar surface area (TPSA) is 106 Å². The van der Waals surface area contributed by atoms with Crippen molar-refractivity contribution in [2.24, 2.45) is 0 Å². The number of halogens is 2. The Morgan fingerprint density at radius 3 is 2.56 bits per heavy atom. The van der Waals surface area contributed by atoms with E-state index in [2.05, 4.69) is 20.2 Å². The maximum absolute atomic E-state index is 14.5. The smallest absolute Gasteiger partial charge is 0.258 e. The summed E-state index contributed by atoms with van der Waals surface area (Å²) in [7, 11) is -3.95. The molecule has 1 amide bonds. The van der Waals surface area contributed by atoms with Gasteiger partial charge in [0.1, 0.15) is 17.5 Å². The van der Waals surface area contributed by atoms with E-state index in [1.54, 1.807) is 19.9 Å². The first kappa shape index (κ1) is 24.0. The molecule has 0 saturated heterocycles. The van der Waals surface area contributed by atoms with E-state index in [1.807, 2.05) is 4.57 Å². The fourth-order valence-electron chi connectivity index (χ4n) is 3.87. The van der Waals surface area contributed by atoms with Crippen molar-refractivity contribution in [2.45, 2.75) is 57.0 Å². The first-order valence-corrected chi connectivity index (χ1v) is 12.5. The standard InChI is InChI=1S/C23H25F2N5O3S/c1-14(2)29-34(32,33)16-8-10-18(24)17(13-16)23(31)26-20-12-15(7-9-19(20)25)22-28-27-21-6-4-3-5-11-30(21)22/h7-10,12-14,29H,3-6,11H2,1-2H3,(H,26,31). The molecular weight excluding hydrogens is 464 g/mol. The molecule has 0 radical (unpaired) electrons. The van der Waals surface area contributed by atoms with Crippen molar-refractivity contribution in [1.82, 2.24) is 19.5 Å². The minimum atomic E-state index is -3.95. The van der Waals surface area contributed by atoms with Gasteiger partial charge in [-0.1, -0.05) is 6.42 Å². The fraction of sp³-hybridized carbons (Fsp3) is 0.348. The first-order valence-electron chi connectivity index (χ1n) is 11.0. The van der Waals surface area contributed by atoms with Crippen LogP contribution < -0.4 is 10.0 Å². The zero-order valence-electron chi connectivity index (χ0n) is 18.8. The maximum Gasteiger partial charge on any atom is 0.258 e. The van der Waals surface area contributed by atoms with Crippen LogP contribution in [0.25, 0.3) is 11.4 Å². The number of sulfonamides is 1. The van der Waals surface area contributed by atoms with Crippen molar-refractivity contribution >= 4 is 21.6 Å². The van der Waals surface area contributed by atoms with Crippen LogP contribution in [0.1, 0.15) is 49.3 Å². The van der Waals surface area contributed by atoms with Gasteiger partial charge in [-0.25, -0.2) is 21.9 Å². The first-order chi connectivity index (χ1) is 16.2. The minimum absolute atomic E-state index is 0.179. The maximum atomic E-state index is 14.5. The molecule has 34 heavy (non-hydrogen) atoms. The molecule has 1 aliphatic rings. The van der Waals surface area contributed by atoms with Gasteiger partial charge in [0.05, 0.1) is 16.1 Å². The molecule has 11 heteroatoms. The molecule has 8 nitrogen and oxygen atoms in total. The van der Waals surface area contributed by atoms with Gasteiger partial charge in [-0.15, -0.1) is 10.2 Å². The van der Waals surface area contributed by atoms with Gasteiger partial charge in [0.2, 0.25) is 10.0 Å². The Labute approximate surface area is 196 Å². The summed E-state index contributed by atoms with van der Waals surface area (Å²) >= 11 is 0. The second-order valence-corrected chi connectivity index (χ2v) is 10.2. The van der Waals surface area contributed by atoms with Crippen LogP contribution in [0.5, 0.6) is 0 Å². The van der Waals surface area contributed by atoms with Gasteiger partial charge in [0.15, 0.2) is 5.82 Å². The molecule has 4 rings (SSSR count). The van der Waals surface area contributed by atoms with Crippen LogP contribution in [-0.2, 0) is 23.0 Å². The summed E-state index contributed by atoms with van der Waals surface area (Å²) in [5.74, 6) is -1.21. The van der Waals surface area contributed by atoms with E-state index in [0.29, 0.717) is 11.4 Å². The predicted octanol–water partition coefficient (Wildman–Crippen LogP) is 3.89. The van der Waals surface area contributed by atoms with Gasteiger partial charge < -0.3 is 9.88 Å². The molecule has 0 atom stereocenters. The number of anilines is 1. The van der Waals surface area contributed by atoms with Crippen molar-refractivity contribution in [1.29, 1.82) is 0 Å². The number of aryl methyl sites for hydroxylation is 1. The zero-order valence-corrected chi connectivity index (χ0v) is 19.6. The lowest BCUT2D eigenvalue weighted by Gasteiger charge is -2.13. The third kappa shape index (κ3) is 5.00. The monoisotopic (exact) mass is 489 g/mol. The number of amides is 1. The van der Waals surface area contributed by atoms with Crippen molar-refractivity contribution in [3.63, 3.8) is 0 Å². The van der Waals surface area contributed by atoms with Gasteiger partial charge >= 0.3 is 0 Å². The number of nitrogens with one attached hydrogen (secondary N) is 2. The van der Waals surface area contributed by atoms with Crippen LogP contribution in [0, 0.1) is 11.6 Å². The average Bonchev–Trinajstić information content (AvgIpc) is 3.02. The Balaban J connectivity index is 1.64. The molecule has 0 aliphatic carbocycles. The van der Waals surface area contributed by atoms with Gasteiger partial charge in [-0.3, -0.25) is 4.79 Å². The van der Waals surface area contributed by atoms with Crippen molar-refractivity contribution < 1.29 is 22.0 Å². The SMILES string of the molecule is CC(C)NS(=O)(=O)c1ccc(F)c(C(=O)Nc2cc(-c3nnc4n3CCCCC4)ccc2F)c1. The van der Waals surface area contributed by atoms with E-state index >= 15 is 0 Å². The van der Waals surface area contributed by atoms with Gasteiger partial charge in [0, 0.05) is 24.6 Å². The summed E-state index contributed by atoms with van der Waals surface area (Å²) in [6, 6.07) is 6.63. The van der Waals surface area contributed by atoms with Crippen LogP contribution in [0.3, 0.4) is 0 Å². The van der Waals surface area contributed by atoms with Crippen molar-refractivity contribution in [2.75, 3.05) is 5.32 Å². The highest BCUT2D eigenvalue weighted by Gasteiger charge is 2.22. The predicted molar refractivity (Wildman–Crippen MR) is 123 cm³/mol. The number of hydrogen-bond acceptors (Lipinski definition) is 5. The molecule has 0 fully saturated rings. The van der Waals surface area contributed by atoms with Gasteiger partial charge in [0.25, 0.3) is 5.91 Å². The summed E-state index contributed by atoms with van der Waals surface area (Å²) in [6.45, 7) is 4.02. The summed E-state index contributed by atoms with van der Waals surface area (Å²) in [5.41, 5.74) is -0.149. The number of carbonyl (C=O) groups is 1. The minimum Gasteiger partial charge on any atom is -0.319 e. The van der Waals surface area contributed by atoms with Crippen LogP contribution in [0.4, 0.5) is 14.5 Å². The zero-order chi connectivity index (χ0) is 24.5. The second kappa shape index (κ2) is 9.59. The fourth-order valence-corrected chi connectivity index (χ4v) is 5.15.